The summed E-state index contributed by atoms with van der Waals surface area (Å²) in [4.78, 5) is 13.4. The van der Waals surface area contributed by atoms with E-state index in [4.69, 9.17) is 4.74 Å². The van der Waals surface area contributed by atoms with Crippen LogP contribution in [0.1, 0.15) is 54.4 Å². The highest BCUT2D eigenvalue weighted by atomic mass is 19.4. The average molecular weight is 339 g/mol. The first kappa shape index (κ1) is 20.1. The first-order valence-electron chi connectivity index (χ1n) is 7.86. The maximum absolute atomic E-state index is 13.5. The average Bonchev–Trinajstić information content (AvgIpc) is 2.33. The number of piperidine rings is 1. The molecule has 0 aromatic heterocycles. The van der Waals surface area contributed by atoms with Crippen molar-refractivity contribution in [1.29, 1.82) is 0 Å². The van der Waals surface area contributed by atoms with Crippen LogP contribution in [0, 0.1) is 11.3 Å². The molecule has 0 aliphatic carbocycles. The van der Waals surface area contributed by atoms with Gasteiger partial charge in [-0.3, -0.25) is 0 Å². The fraction of sp³-hybridized carbons (Fsp3) is 0.938. The Labute approximate surface area is 136 Å². The van der Waals surface area contributed by atoms with Crippen LogP contribution in [0.4, 0.5) is 18.0 Å². The number of nitrogens with zero attached hydrogens (tertiary/aromatic N) is 1. The lowest BCUT2D eigenvalue weighted by atomic mass is 9.65. The number of amides is 1. The van der Waals surface area contributed by atoms with Gasteiger partial charge in [-0.05, 0) is 39.0 Å². The van der Waals surface area contributed by atoms with Crippen molar-refractivity contribution in [3.05, 3.63) is 0 Å². The molecule has 1 fully saturated rings. The van der Waals surface area contributed by atoms with E-state index in [0.29, 0.717) is 0 Å². The molecule has 0 aromatic carbocycles. The van der Waals surface area contributed by atoms with E-state index in [1.165, 1.54) is 25.7 Å². The second-order valence-electron chi connectivity index (χ2n) is 8.26. The van der Waals surface area contributed by atoms with E-state index in [9.17, 15) is 23.1 Å². The molecule has 0 bridgehead atoms. The molecular weight excluding hydrogens is 311 g/mol. The summed E-state index contributed by atoms with van der Waals surface area (Å²) >= 11 is 0. The number of alkyl halides is 3. The van der Waals surface area contributed by atoms with Gasteiger partial charge >= 0.3 is 12.3 Å². The first-order chi connectivity index (χ1) is 10.1. The molecule has 0 aromatic rings. The van der Waals surface area contributed by atoms with Gasteiger partial charge in [0.05, 0.1) is 0 Å². The van der Waals surface area contributed by atoms with Crippen LogP contribution in [0.2, 0.25) is 0 Å². The summed E-state index contributed by atoms with van der Waals surface area (Å²) in [5.74, 6) is -0.943. The van der Waals surface area contributed by atoms with E-state index in [-0.39, 0.29) is 25.9 Å². The Balaban J connectivity index is 2.83. The quantitative estimate of drug-likeness (QED) is 0.786. The van der Waals surface area contributed by atoms with Gasteiger partial charge in [-0.2, -0.15) is 13.2 Å². The molecule has 4 nitrogen and oxygen atoms in total. The van der Waals surface area contributed by atoms with Crippen molar-refractivity contribution in [2.24, 2.45) is 11.3 Å². The van der Waals surface area contributed by atoms with Gasteiger partial charge in [0.25, 0.3) is 0 Å². The summed E-state index contributed by atoms with van der Waals surface area (Å²) in [5, 5.41) is 10.5. The van der Waals surface area contributed by atoms with Gasteiger partial charge in [-0.15, -0.1) is 0 Å². The van der Waals surface area contributed by atoms with Crippen LogP contribution in [0.5, 0.6) is 0 Å². The van der Waals surface area contributed by atoms with Crippen LogP contribution >= 0.6 is 0 Å². The molecule has 7 heteroatoms. The van der Waals surface area contributed by atoms with Crippen LogP contribution in [-0.4, -0.2) is 46.6 Å². The van der Waals surface area contributed by atoms with Gasteiger partial charge in [0.1, 0.15) is 5.60 Å². The Morgan fingerprint density at radius 2 is 1.48 bits per heavy atom. The third-order valence-electron chi connectivity index (χ3n) is 4.31. The molecule has 1 rings (SSSR count). The highest BCUT2D eigenvalue weighted by molar-refractivity contribution is 5.68. The molecule has 1 unspecified atom stereocenters. The van der Waals surface area contributed by atoms with Crippen molar-refractivity contribution < 1.29 is 27.8 Å². The van der Waals surface area contributed by atoms with Crippen LogP contribution in [0.25, 0.3) is 0 Å². The van der Waals surface area contributed by atoms with Gasteiger partial charge < -0.3 is 14.7 Å². The van der Waals surface area contributed by atoms with E-state index in [2.05, 4.69) is 0 Å². The molecule has 1 heterocycles. The predicted octanol–water partition coefficient (Wildman–Crippen LogP) is 3.97. The zero-order chi connectivity index (χ0) is 18.3. The van der Waals surface area contributed by atoms with E-state index in [0.717, 1.165) is 0 Å². The fourth-order valence-corrected chi connectivity index (χ4v) is 3.08. The lowest BCUT2D eigenvalue weighted by Gasteiger charge is -2.49. The molecule has 0 radical (unpaired) electrons. The number of hydrogen-bond donors (Lipinski definition) is 1. The van der Waals surface area contributed by atoms with E-state index in [1.54, 1.807) is 20.8 Å². The number of hydrogen-bond acceptors (Lipinski definition) is 3. The summed E-state index contributed by atoms with van der Waals surface area (Å²) in [7, 11) is 0. The molecule has 0 saturated carbocycles. The van der Waals surface area contributed by atoms with Gasteiger partial charge in [-0.1, -0.05) is 20.8 Å². The Hall–Kier alpha value is -0.980. The number of halogens is 3. The maximum atomic E-state index is 13.5. The number of carbonyl (C=O) groups is 1. The zero-order valence-electron chi connectivity index (χ0n) is 14.8. The van der Waals surface area contributed by atoms with Crippen molar-refractivity contribution in [3.63, 3.8) is 0 Å². The zero-order valence-corrected chi connectivity index (χ0v) is 14.8. The topological polar surface area (TPSA) is 49.8 Å². The van der Waals surface area contributed by atoms with Crippen molar-refractivity contribution in [3.8, 4) is 0 Å². The fourth-order valence-electron chi connectivity index (χ4n) is 3.08. The minimum absolute atomic E-state index is 0.0898. The largest absolute Gasteiger partial charge is 0.444 e. The summed E-state index contributed by atoms with van der Waals surface area (Å²) in [5.41, 5.74) is -4.77. The number of likely N-dealkylation sites (tertiary alicyclic amines) is 1. The number of ether oxygens (including phenoxy) is 1. The predicted molar refractivity (Wildman–Crippen MR) is 81.0 cm³/mol. The highest BCUT2D eigenvalue weighted by Crippen LogP contribution is 2.50. The second kappa shape index (κ2) is 6.15. The second-order valence-corrected chi connectivity index (χ2v) is 8.26. The number of carbonyl (C=O) groups excluding carboxylic acids is 1. The summed E-state index contributed by atoms with van der Waals surface area (Å²) in [6.07, 6.45) is -5.06. The Bertz CT molecular complexity index is 413. The minimum atomic E-state index is -4.72. The van der Waals surface area contributed by atoms with Gasteiger partial charge in [0.2, 0.25) is 0 Å². The monoisotopic (exact) mass is 339 g/mol. The molecule has 1 amide bonds. The summed E-state index contributed by atoms with van der Waals surface area (Å²) in [6.45, 7) is 9.67. The molecule has 1 aliphatic rings. The smallest absolute Gasteiger partial charge is 0.417 e. The standard InChI is InChI=1S/C16H28F3NO3/c1-13(2,3)15(22,16(17,18)19)11-7-9-20(10-8-11)12(21)23-14(4,5)6/h11,22H,7-10H2,1-6H3. The van der Waals surface area contributed by atoms with Crippen molar-refractivity contribution in [1.82, 2.24) is 4.90 Å². The molecule has 1 atom stereocenters. The first-order valence-corrected chi connectivity index (χ1v) is 7.86. The van der Waals surface area contributed by atoms with E-state index in [1.807, 2.05) is 0 Å². The third-order valence-corrected chi connectivity index (χ3v) is 4.31. The van der Waals surface area contributed by atoms with Crippen molar-refractivity contribution in [2.45, 2.75) is 71.8 Å². The van der Waals surface area contributed by atoms with Gasteiger partial charge in [0, 0.05) is 19.0 Å². The number of rotatable bonds is 1. The van der Waals surface area contributed by atoms with Gasteiger partial charge in [0.15, 0.2) is 5.60 Å². The maximum Gasteiger partial charge on any atom is 0.417 e. The Kier molecular flexibility index (Phi) is 5.36. The molecular formula is C16H28F3NO3. The Morgan fingerprint density at radius 3 is 1.78 bits per heavy atom. The van der Waals surface area contributed by atoms with Gasteiger partial charge in [-0.25, -0.2) is 4.79 Å². The molecule has 136 valence electrons. The molecule has 1 aliphatic heterocycles. The summed E-state index contributed by atoms with van der Waals surface area (Å²) < 4.78 is 45.8. The van der Waals surface area contributed by atoms with Crippen LogP contribution in [-0.2, 0) is 4.74 Å². The lowest BCUT2D eigenvalue weighted by Crippen LogP contribution is -2.62. The van der Waals surface area contributed by atoms with E-state index < -0.39 is 34.8 Å². The Morgan fingerprint density at radius 1 is 1.04 bits per heavy atom. The SMILES string of the molecule is CC(C)(C)OC(=O)N1CCC(C(O)(C(C)(C)C)C(F)(F)F)CC1. The van der Waals surface area contributed by atoms with Crippen LogP contribution in [0.15, 0.2) is 0 Å². The lowest BCUT2D eigenvalue weighted by molar-refractivity contribution is -0.318. The molecule has 0 spiro atoms. The van der Waals surface area contributed by atoms with Crippen LogP contribution in [0.3, 0.4) is 0 Å². The number of aliphatic hydroxyl groups is 1. The van der Waals surface area contributed by atoms with Crippen molar-refractivity contribution >= 4 is 6.09 Å². The van der Waals surface area contributed by atoms with E-state index >= 15 is 0 Å². The van der Waals surface area contributed by atoms with Crippen molar-refractivity contribution in [2.75, 3.05) is 13.1 Å². The summed E-state index contributed by atoms with van der Waals surface area (Å²) in [6, 6.07) is 0. The van der Waals surface area contributed by atoms with Crippen LogP contribution < -0.4 is 0 Å². The highest BCUT2D eigenvalue weighted by Gasteiger charge is 2.64. The third kappa shape index (κ3) is 4.31. The minimum Gasteiger partial charge on any atom is -0.444 e. The molecule has 1 N–H and O–H groups in total. The molecule has 1 saturated heterocycles. The normalized spacial score (nSPS) is 21.0. The molecule has 23 heavy (non-hydrogen) atoms.